The van der Waals surface area contributed by atoms with Crippen LogP contribution in [0.3, 0.4) is 0 Å². The Morgan fingerprint density at radius 3 is 2.50 bits per heavy atom. The number of carbonyl (C=O) groups excluding carboxylic acids is 1. The number of benzene rings is 2. The number of nitrogens with zero attached hydrogens (tertiary/aromatic N) is 2. The minimum absolute atomic E-state index is 0.186. The van der Waals surface area contributed by atoms with Crippen LogP contribution in [-0.4, -0.2) is 48.7 Å². The molecule has 1 amide bonds. The van der Waals surface area contributed by atoms with Crippen molar-refractivity contribution in [2.45, 2.75) is 29.2 Å². The fraction of sp³-hybridized carbons (Fsp3) is 0.381. The van der Waals surface area contributed by atoms with E-state index in [-0.39, 0.29) is 6.09 Å². The fourth-order valence-corrected chi connectivity index (χ4v) is 4.95. The first-order chi connectivity index (χ1) is 12.8. The van der Waals surface area contributed by atoms with Crippen molar-refractivity contribution in [1.29, 1.82) is 0 Å². The Labute approximate surface area is 159 Å². The molecule has 5 heteroatoms. The zero-order chi connectivity index (χ0) is 17.9. The summed E-state index contributed by atoms with van der Waals surface area (Å²) in [4.78, 5) is 19.0. The van der Waals surface area contributed by atoms with Crippen LogP contribution < -0.4 is 0 Å². The molecule has 0 spiro atoms. The van der Waals surface area contributed by atoms with Gasteiger partial charge in [0.2, 0.25) is 0 Å². The van der Waals surface area contributed by atoms with E-state index in [9.17, 15) is 4.79 Å². The molecule has 0 N–H and O–H groups in total. The van der Waals surface area contributed by atoms with E-state index < -0.39 is 0 Å². The lowest BCUT2D eigenvalue weighted by atomic mass is 9.97. The van der Waals surface area contributed by atoms with Gasteiger partial charge >= 0.3 is 6.09 Å². The molecule has 1 fully saturated rings. The van der Waals surface area contributed by atoms with Crippen LogP contribution in [0.15, 0.2) is 58.3 Å². The zero-order valence-electron chi connectivity index (χ0n) is 15.1. The molecular weight excluding hydrogens is 344 g/mol. The lowest BCUT2D eigenvalue weighted by Crippen LogP contribution is -2.50. The second-order valence-corrected chi connectivity index (χ2v) is 7.77. The van der Waals surface area contributed by atoms with E-state index in [1.54, 1.807) is 0 Å². The number of carbonyl (C=O) groups is 1. The Kier molecular flexibility index (Phi) is 5.18. The molecule has 4 nitrogen and oxygen atoms in total. The summed E-state index contributed by atoms with van der Waals surface area (Å²) < 4.78 is 5.15. The minimum Gasteiger partial charge on any atom is -0.450 e. The molecule has 2 heterocycles. The molecule has 0 bridgehead atoms. The maximum atomic E-state index is 12.0. The molecule has 2 aromatic carbocycles. The number of hydrogen-bond acceptors (Lipinski definition) is 4. The Morgan fingerprint density at radius 1 is 1.04 bits per heavy atom. The van der Waals surface area contributed by atoms with Gasteiger partial charge in [-0.2, -0.15) is 0 Å². The molecule has 1 unspecified atom stereocenters. The number of ether oxygens (including phenoxy) is 1. The Balaban J connectivity index is 1.57. The van der Waals surface area contributed by atoms with E-state index in [0.717, 1.165) is 32.6 Å². The van der Waals surface area contributed by atoms with Gasteiger partial charge in [0.15, 0.2) is 0 Å². The molecule has 0 aliphatic carbocycles. The summed E-state index contributed by atoms with van der Waals surface area (Å²) in [5.74, 6) is 0. The van der Waals surface area contributed by atoms with Crippen LogP contribution in [-0.2, 0) is 11.2 Å². The lowest BCUT2D eigenvalue weighted by Gasteiger charge is -2.39. The SMILES string of the molecule is CCOC(=O)N1CCN(C2Cc3ccccc3Sc3ccccc32)CC1. The second-order valence-electron chi connectivity index (χ2n) is 6.69. The summed E-state index contributed by atoms with van der Waals surface area (Å²) in [6, 6.07) is 17.8. The molecule has 1 atom stereocenters. The Bertz CT molecular complexity index is 787. The monoisotopic (exact) mass is 368 g/mol. The van der Waals surface area contributed by atoms with Crippen LogP contribution in [0.1, 0.15) is 24.1 Å². The van der Waals surface area contributed by atoms with Gasteiger partial charge < -0.3 is 9.64 Å². The summed E-state index contributed by atoms with van der Waals surface area (Å²) in [5, 5.41) is 0. The van der Waals surface area contributed by atoms with Crippen LogP contribution in [0, 0.1) is 0 Å². The quantitative estimate of drug-likeness (QED) is 0.795. The van der Waals surface area contributed by atoms with Crippen molar-refractivity contribution in [1.82, 2.24) is 9.80 Å². The van der Waals surface area contributed by atoms with E-state index in [1.807, 2.05) is 23.6 Å². The first-order valence-electron chi connectivity index (χ1n) is 9.26. The molecule has 0 saturated carbocycles. The first kappa shape index (κ1) is 17.4. The molecule has 136 valence electrons. The summed E-state index contributed by atoms with van der Waals surface area (Å²) in [6.07, 6.45) is 0.828. The van der Waals surface area contributed by atoms with E-state index in [2.05, 4.69) is 53.4 Å². The molecule has 0 radical (unpaired) electrons. The van der Waals surface area contributed by atoms with Crippen LogP contribution in [0.2, 0.25) is 0 Å². The predicted octanol–water partition coefficient (Wildman–Crippen LogP) is 4.21. The standard InChI is InChI=1S/C21H24N2O2S/c1-2-25-21(24)23-13-11-22(12-14-23)18-15-16-7-3-5-9-19(16)26-20-10-6-4-8-17(18)20/h3-10,18H,2,11-15H2,1H3. The maximum Gasteiger partial charge on any atom is 0.409 e. The van der Waals surface area contributed by atoms with Crippen molar-refractivity contribution in [3.63, 3.8) is 0 Å². The lowest BCUT2D eigenvalue weighted by molar-refractivity contribution is 0.0652. The number of amides is 1. The van der Waals surface area contributed by atoms with Crippen molar-refractivity contribution in [3.8, 4) is 0 Å². The largest absolute Gasteiger partial charge is 0.450 e. The third kappa shape index (κ3) is 3.46. The van der Waals surface area contributed by atoms with Crippen LogP contribution in [0.5, 0.6) is 0 Å². The molecule has 2 aliphatic heterocycles. The Morgan fingerprint density at radius 2 is 1.73 bits per heavy atom. The molecule has 2 aromatic rings. The molecule has 2 aliphatic rings. The average molecular weight is 369 g/mol. The normalized spacial score (nSPS) is 20.0. The molecule has 0 aromatic heterocycles. The minimum atomic E-state index is -0.186. The van der Waals surface area contributed by atoms with Crippen molar-refractivity contribution in [3.05, 3.63) is 59.7 Å². The van der Waals surface area contributed by atoms with Gasteiger partial charge in [0.25, 0.3) is 0 Å². The molecule has 26 heavy (non-hydrogen) atoms. The highest BCUT2D eigenvalue weighted by atomic mass is 32.2. The third-order valence-electron chi connectivity index (χ3n) is 5.16. The zero-order valence-corrected chi connectivity index (χ0v) is 15.9. The molecule has 4 rings (SSSR count). The van der Waals surface area contributed by atoms with Crippen LogP contribution >= 0.6 is 11.8 Å². The Hall–Kier alpha value is -1.98. The first-order valence-corrected chi connectivity index (χ1v) is 10.1. The van der Waals surface area contributed by atoms with Crippen molar-refractivity contribution in [2.24, 2.45) is 0 Å². The van der Waals surface area contributed by atoms with Gasteiger partial charge in [0.05, 0.1) is 6.61 Å². The van der Waals surface area contributed by atoms with Gasteiger partial charge in [-0.15, -0.1) is 0 Å². The predicted molar refractivity (Wildman–Crippen MR) is 104 cm³/mol. The number of piperazine rings is 1. The van der Waals surface area contributed by atoms with Gasteiger partial charge in [-0.25, -0.2) is 4.79 Å². The van der Waals surface area contributed by atoms with Gasteiger partial charge in [-0.05, 0) is 36.6 Å². The fourth-order valence-electron chi connectivity index (χ4n) is 3.81. The van der Waals surface area contributed by atoms with E-state index in [4.69, 9.17) is 4.74 Å². The highest BCUT2D eigenvalue weighted by Gasteiger charge is 2.31. The van der Waals surface area contributed by atoms with Crippen molar-refractivity contribution >= 4 is 17.9 Å². The van der Waals surface area contributed by atoms with Gasteiger partial charge in [0, 0.05) is 42.0 Å². The van der Waals surface area contributed by atoms with Crippen molar-refractivity contribution in [2.75, 3.05) is 32.8 Å². The summed E-state index contributed by atoms with van der Waals surface area (Å²) in [5.41, 5.74) is 2.81. The van der Waals surface area contributed by atoms with Crippen LogP contribution in [0.25, 0.3) is 0 Å². The number of hydrogen-bond donors (Lipinski definition) is 0. The number of fused-ring (bicyclic) bond motifs is 2. The van der Waals surface area contributed by atoms with Gasteiger partial charge in [-0.1, -0.05) is 48.2 Å². The molecular formula is C21H24N2O2S. The smallest absolute Gasteiger partial charge is 0.409 e. The highest BCUT2D eigenvalue weighted by molar-refractivity contribution is 7.99. The number of rotatable bonds is 2. The average Bonchev–Trinajstić information content (AvgIpc) is 2.85. The highest BCUT2D eigenvalue weighted by Crippen LogP contribution is 2.42. The van der Waals surface area contributed by atoms with Crippen molar-refractivity contribution < 1.29 is 9.53 Å². The summed E-state index contributed by atoms with van der Waals surface area (Å²) in [6.45, 7) is 5.50. The van der Waals surface area contributed by atoms with Gasteiger partial charge in [-0.3, -0.25) is 4.90 Å². The maximum absolute atomic E-state index is 12.0. The van der Waals surface area contributed by atoms with E-state index in [0.29, 0.717) is 12.6 Å². The topological polar surface area (TPSA) is 32.8 Å². The van der Waals surface area contributed by atoms with Gasteiger partial charge in [0.1, 0.15) is 0 Å². The molecule has 1 saturated heterocycles. The second kappa shape index (κ2) is 7.72. The van der Waals surface area contributed by atoms with Crippen LogP contribution in [0.4, 0.5) is 4.79 Å². The summed E-state index contributed by atoms with van der Waals surface area (Å²) >= 11 is 1.87. The van der Waals surface area contributed by atoms with E-state index >= 15 is 0 Å². The third-order valence-corrected chi connectivity index (χ3v) is 6.37. The van der Waals surface area contributed by atoms with E-state index in [1.165, 1.54) is 20.9 Å². The summed E-state index contributed by atoms with van der Waals surface area (Å²) in [7, 11) is 0.